The van der Waals surface area contributed by atoms with Gasteiger partial charge in [-0.2, -0.15) is 0 Å². The predicted octanol–water partition coefficient (Wildman–Crippen LogP) is 8.56. The molecule has 6 N–H and O–H groups in total. The number of aliphatic hydroxyl groups is 5. The van der Waals surface area contributed by atoms with Crippen LogP contribution >= 0.6 is 0 Å². The molecule has 7 unspecified atom stereocenters. The third-order valence-corrected chi connectivity index (χ3v) is 10.6. The van der Waals surface area contributed by atoms with Crippen molar-refractivity contribution in [3.8, 4) is 0 Å². The van der Waals surface area contributed by atoms with Gasteiger partial charge < -0.3 is 40.3 Å². The van der Waals surface area contributed by atoms with Crippen LogP contribution in [0.2, 0.25) is 0 Å². The zero-order valence-electron chi connectivity index (χ0n) is 33.6. The number of carbonyl (C=O) groups excluding carboxylic acids is 1. The Labute approximate surface area is 318 Å². The van der Waals surface area contributed by atoms with E-state index in [1.54, 1.807) is 6.08 Å². The van der Waals surface area contributed by atoms with Crippen LogP contribution in [0, 0.1) is 0 Å². The van der Waals surface area contributed by atoms with Crippen LogP contribution in [0.3, 0.4) is 0 Å². The average molecular weight is 742 g/mol. The molecule has 9 heteroatoms. The lowest BCUT2D eigenvalue weighted by atomic mass is 9.99. The van der Waals surface area contributed by atoms with E-state index in [1.807, 2.05) is 6.08 Å². The lowest BCUT2D eigenvalue weighted by molar-refractivity contribution is -0.302. The summed E-state index contributed by atoms with van der Waals surface area (Å²) in [5, 5.41) is 54.0. The standard InChI is InChI=1S/C43H83NO8/c1-3-5-7-9-11-13-15-16-17-18-19-20-21-22-23-25-27-29-31-33-39(47)44-36(35-51-43-42(50)41(49)40(48)38(34-45)52-43)37(46)32-30-28-26-24-14-12-10-8-6-4-2/h30,32,36-38,40-43,45-46,48-50H,3-29,31,33-35H2,1-2H3,(H,44,47)/b32-30+. The first-order valence-corrected chi connectivity index (χ1v) is 21.9. The number of aliphatic hydroxyl groups excluding tert-OH is 5. The Morgan fingerprint density at radius 2 is 1.06 bits per heavy atom. The number of nitrogens with one attached hydrogen (secondary N) is 1. The summed E-state index contributed by atoms with van der Waals surface area (Å²) in [6.07, 6.45) is 31.2. The lowest BCUT2D eigenvalue weighted by Crippen LogP contribution is -2.60. The zero-order valence-corrected chi connectivity index (χ0v) is 33.6. The second-order valence-electron chi connectivity index (χ2n) is 15.5. The third-order valence-electron chi connectivity index (χ3n) is 10.6. The number of rotatable bonds is 36. The molecule has 1 rings (SSSR count). The van der Waals surface area contributed by atoms with Gasteiger partial charge in [-0.15, -0.1) is 0 Å². The van der Waals surface area contributed by atoms with Gasteiger partial charge in [0.05, 0.1) is 25.4 Å². The highest BCUT2D eigenvalue weighted by Crippen LogP contribution is 2.22. The molecule has 0 bridgehead atoms. The summed E-state index contributed by atoms with van der Waals surface area (Å²) in [7, 11) is 0. The summed E-state index contributed by atoms with van der Waals surface area (Å²) in [6, 6.07) is -0.796. The number of hydrogen-bond donors (Lipinski definition) is 6. The summed E-state index contributed by atoms with van der Waals surface area (Å²) in [5.41, 5.74) is 0. The molecule has 1 saturated heterocycles. The normalized spacial score (nSPS) is 21.9. The van der Waals surface area contributed by atoms with Crippen molar-refractivity contribution in [3.05, 3.63) is 12.2 Å². The Hall–Kier alpha value is -1.07. The van der Waals surface area contributed by atoms with Gasteiger partial charge in [0.15, 0.2) is 6.29 Å². The van der Waals surface area contributed by atoms with E-state index in [4.69, 9.17) is 9.47 Å². The number of amides is 1. The molecular formula is C43H83NO8. The molecule has 0 aromatic carbocycles. The van der Waals surface area contributed by atoms with E-state index in [2.05, 4.69) is 19.2 Å². The second kappa shape index (κ2) is 34.4. The zero-order chi connectivity index (χ0) is 38.1. The Morgan fingerprint density at radius 3 is 1.50 bits per heavy atom. The summed E-state index contributed by atoms with van der Waals surface area (Å²) in [6.45, 7) is 3.75. The molecule has 0 radical (unpaired) electrons. The van der Waals surface area contributed by atoms with Gasteiger partial charge in [-0.05, 0) is 19.3 Å². The molecule has 1 amide bonds. The predicted molar refractivity (Wildman–Crippen MR) is 212 cm³/mol. The van der Waals surface area contributed by atoms with Crippen molar-refractivity contribution < 1.29 is 39.8 Å². The van der Waals surface area contributed by atoms with Crippen LogP contribution in [0.5, 0.6) is 0 Å². The van der Waals surface area contributed by atoms with Crippen LogP contribution < -0.4 is 5.32 Å². The SMILES string of the molecule is CCCCCCCCCC/C=C/C(O)C(COC1OC(CO)C(O)C(O)C1O)NC(=O)CCCCCCCCCCCCCCCCCCCCC. The first-order valence-electron chi connectivity index (χ1n) is 21.9. The van der Waals surface area contributed by atoms with Crippen molar-refractivity contribution >= 4 is 5.91 Å². The van der Waals surface area contributed by atoms with Gasteiger partial charge in [-0.3, -0.25) is 4.79 Å². The molecule has 1 aliphatic heterocycles. The maximum atomic E-state index is 12.9. The largest absolute Gasteiger partial charge is 0.394 e. The van der Waals surface area contributed by atoms with Gasteiger partial charge in [0.25, 0.3) is 0 Å². The first-order chi connectivity index (χ1) is 25.3. The highest BCUT2D eigenvalue weighted by atomic mass is 16.7. The second-order valence-corrected chi connectivity index (χ2v) is 15.5. The van der Waals surface area contributed by atoms with Gasteiger partial charge in [-0.1, -0.05) is 187 Å². The quantitative estimate of drug-likeness (QED) is 0.0277. The minimum atomic E-state index is -1.56. The highest BCUT2D eigenvalue weighted by Gasteiger charge is 2.44. The van der Waals surface area contributed by atoms with E-state index in [0.717, 1.165) is 38.5 Å². The lowest BCUT2D eigenvalue weighted by Gasteiger charge is -2.40. The van der Waals surface area contributed by atoms with Gasteiger partial charge in [0.1, 0.15) is 24.4 Å². The fourth-order valence-corrected chi connectivity index (χ4v) is 7.04. The smallest absolute Gasteiger partial charge is 0.220 e. The fourth-order valence-electron chi connectivity index (χ4n) is 7.04. The highest BCUT2D eigenvalue weighted by molar-refractivity contribution is 5.76. The molecule has 0 aromatic heterocycles. The van der Waals surface area contributed by atoms with Crippen LogP contribution in [0.15, 0.2) is 12.2 Å². The molecule has 0 spiro atoms. The Bertz CT molecular complexity index is 827. The van der Waals surface area contributed by atoms with Crippen LogP contribution in [-0.2, 0) is 14.3 Å². The van der Waals surface area contributed by atoms with Crippen molar-refractivity contribution in [3.63, 3.8) is 0 Å². The van der Waals surface area contributed by atoms with E-state index in [-0.39, 0.29) is 12.5 Å². The summed E-state index contributed by atoms with van der Waals surface area (Å²) in [4.78, 5) is 12.9. The van der Waals surface area contributed by atoms with Crippen molar-refractivity contribution in [1.29, 1.82) is 0 Å². The van der Waals surface area contributed by atoms with Crippen molar-refractivity contribution in [2.75, 3.05) is 13.2 Å². The van der Waals surface area contributed by atoms with Crippen molar-refractivity contribution in [2.45, 2.75) is 243 Å². The van der Waals surface area contributed by atoms with Crippen LogP contribution in [0.25, 0.3) is 0 Å². The molecule has 0 aliphatic carbocycles. The average Bonchev–Trinajstić information content (AvgIpc) is 3.14. The van der Waals surface area contributed by atoms with Crippen molar-refractivity contribution in [2.24, 2.45) is 0 Å². The van der Waals surface area contributed by atoms with E-state index >= 15 is 0 Å². The first kappa shape index (κ1) is 48.9. The monoisotopic (exact) mass is 742 g/mol. The number of unbranched alkanes of at least 4 members (excludes halogenated alkanes) is 26. The van der Waals surface area contributed by atoms with E-state index in [1.165, 1.54) is 141 Å². The Kier molecular flexibility index (Phi) is 32.4. The number of hydrogen-bond acceptors (Lipinski definition) is 8. The van der Waals surface area contributed by atoms with Gasteiger partial charge in [0.2, 0.25) is 5.91 Å². The minimum Gasteiger partial charge on any atom is -0.394 e. The molecule has 1 aliphatic rings. The molecule has 0 saturated carbocycles. The molecule has 9 nitrogen and oxygen atoms in total. The summed E-state index contributed by atoms with van der Waals surface area (Å²) in [5.74, 6) is -0.176. The Morgan fingerprint density at radius 1 is 0.635 bits per heavy atom. The summed E-state index contributed by atoms with van der Waals surface area (Å²) >= 11 is 0. The van der Waals surface area contributed by atoms with Crippen LogP contribution in [0.1, 0.15) is 200 Å². The molecule has 308 valence electrons. The molecule has 1 fully saturated rings. The molecule has 0 aromatic rings. The molecule has 52 heavy (non-hydrogen) atoms. The van der Waals surface area contributed by atoms with Gasteiger partial charge in [0, 0.05) is 6.42 Å². The van der Waals surface area contributed by atoms with Gasteiger partial charge >= 0.3 is 0 Å². The maximum absolute atomic E-state index is 12.9. The fraction of sp³-hybridized carbons (Fsp3) is 0.930. The minimum absolute atomic E-state index is 0.176. The van der Waals surface area contributed by atoms with Crippen LogP contribution in [-0.4, -0.2) is 87.5 Å². The third kappa shape index (κ3) is 25.1. The van der Waals surface area contributed by atoms with Gasteiger partial charge in [-0.25, -0.2) is 0 Å². The van der Waals surface area contributed by atoms with Crippen LogP contribution in [0.4, 0.5) is 0 Å². The van der Waals surface area contributed by atoms with E-state index in [0.29, 0.717) is 6.42 Å². The topological polar surface area (TPSA) is 149 Å². The molecule has 7 atom stereocenters. The Balaban J connectivity index is 2.31. The van der Waals surface area contributed by atoms with E-state index < -0.39 is 49.5 Å². The number of ether oxygens (including phenoxy) is 2. The number of allylic oxidation sites excluding steroid dienone is 1. The molecular weight excluding hydrogens is 658 g/mol. The van der Waals surface area contributed by atoms with Crippen molar-refractivity contribution in [1.82, 2.24) is 5.32 Å². The maximum Gasteiger partial charge on any atom is 0.220 e. The summed E-state index contributed by atoms with van der Waals surface area (Å²) < 4.78 is 11.2. The molecule has 1 heterocycles. The number of carbonyl (C=O) groups is 1. The van der Waals surface area contributed by atoms with E-state index in [9.17, 15) is 30.3 Å².